The van der Waals surface area contributed by atoms with Gasteiger partial charge < -0.3 is 4.57 Å². The first-order valence-corrected chi connectivity index (χ1v) is 4.68. The van der Waals surface area contributed by atoms with Crippen molar-refractivity contribution in [3.05, 3.63) is 29.8 Å². The Bertz CT molecular complexity index is 543. The van der Waals surface area contributed by atoms with Gasteiger partial charge in [-0.25, -0.2) is 18.2 Å². The fraction of sp³-hybridized carbons (Fsp3) is 0.300. The Labute approximate surface area is 83.3 Å². The predicted molar refractivity (Wildman–Crippen MR) is 47.9 cm³/mol. The lowest BCUT2D eigenvalue weighted by Crippen LogP contribution is -1.95. The van der Waals surface area contributed by atoms with E-state index in [1.807, 2.05) is 0 Å². The number of nitrogens with zero attached hydrogens (tertiary/aromatic N) is 2. The third-order valence-electron chi connectivity index (χ3n) is 2.65. The van der Waals surface area contributed by atoms with Gasteiger partial charge in [-0.15, -0.1) is 0 Å². The predicted octanol–water partition coefficient (Wildman–Crippen LogP) is 2.79. The van der Waals surface area contributed by atoms with E-state index >= 15 is 0 Å². The molecule has 0 atom stereocenters. The molecule has 0 spiro atoms. The van der Waals surface area contributed by atoms with E-state index in [9.17, 15) is 13.2 Å². The first-order chi connectivity index (χ1) is 7.18. The summed E-state index contributed by atoms with van der Waals surface area (Å²) in [5.41, 5.74) is 0.231. The highest BCUT2D eigenvalue weighted by Crippen LogP contribution is 2.37. The Kier molecular flexibility index (Phi) is 1.60. The molecular weight excluding hydrogens is 205 g/mol. The highest BCUT2D eigenvalue weighted by molar-refractivity contribution is 5.76. The van der Waals surface area contributed by atoms with Crippen LogP contribution in [-0.2, 0) is 0 Å². The monoisotopic (exact) mass is 212 g/mol. The molecule has 0 saturated heterocycles. The maximum Gasteiger partial charge on any atom is 0.196 e. The average molecular weight is 212 g/mol. The molecule has 0 N–H and O–H groups in total. The van der Waals surface area contributed by atoms with Gasteiger partial charge in [-0.1, -0.05) is 0 Å². The maximum absolute atomic E-state index is 13.3. The number of benzene rings is 1. The normalized spacial score (nSPS) is 16.2. The number of imidazole rings is 1. The first-order valence-electron chi connectivity index (χ1n) is 4.68. The van der Waals surface area contributed by atoms with Gasteiger partial charge in [0.05, 0.1) is 11.8 Å². The van der Waals surface area contributed by atoms with Crippen LogP contribution >= 0.6 is 0 Å². The van der Waals surface area contributed by atoms with Crippen LogP contribution in [0.25, 0.3) is 11.0 Å². The van der Waals surface area contributed by atoms with Crippen molar-refractivity contribution in [3.8, 4) is 0 Å². The fourth-order valence-electron chi connectivity index (χ4n) is 1.72. The first kappa shape index (κ1) is 8.76. The van der Waals surface area contributed by atoms with Gasteiger partial charge >= 0.3 is 0 Å². The van der Waals surface area contributed by atoms with Crippen molar-refractivity contribution in [2.45, 2.75) is 18.9 Å². The zero-order chi connectivity index (χ0) is 10.6. The van der Waals surface area contributed by atoms with Gasteiger partial charge in [0.15, 0.2) is 17.5 Å². The summed E-state index contributed by atoms with van der Waals surface area (Å²) in [7, 11) is 0. The molecule has 1 aliphatic rings. The molecule has 0 aliphatic heterocycles. The van der Waals surface area contributed by atoms with Crippen LogP contribution in [0.5, 0.6) is 0 Å². The summed E-state index contributed by atoms with van der Waals surface area (Å²) >= 11 is 0. The zero-order valence-electron chi connectivity index (χ0n) is 7.67. The highest BCUT2D eigenvalue weighted by atomic mass is 19.2. The largest absolute Gasteiger partial charge is 0.327 e. The molecule has 0 unspecified atom stereocenters. The SMILES string of the molecule is Fc1cc2c(ncn2C2CC2)c(F)c1F. The van der Waals surface area contributed by atoms with Crippen LogP contribution in [-0.4, -0.2) is 9.55 Å². The van der Waals surface area contributed by atoms with Crippen molar-refractivity contribution >= 4 is 11.0 Å². The smallest absolute Gasteiger partial charge is 0.196 e. The van der Waals surface area contributed by atoms with Crippen LogP contribution in [0.3, 0.4) is 0 Å². The number of aromatic nitrogens is 2. The van der Waals surface area contributed by atoms with Gasteiger partial charge in [-0.2, -0.15) is 0 Å². The summed E-state index contributed by atoms with van der Waals surface area (Å²) in [5.74, 6) is -3.82. The minimum atomic E-state index is -1.46. The molecule has 1 aromatic carbocycles. The number of hydrogen-bond donors (Lipinski definition) is 0. The molecule has 1 aliphatic carbocycles. The van der Waals surface area contributed by atoms with E-state index in [-0.39, 0.29) is 11.6 Å². The van der Waals surface area contributed by atoms with E-state index in [1.54, 1.807) is 4.57 Å². The number of rotatable bonds is 1. The number of halogens is 3. The van der Waals surface area contributed by atoms with Crippen molar-refractivity contribution in [2.24, 2.45) is 0 Å². The maximum atomic E-state index is 13.3. The van der Waals surface area contributed by atoms with Crippen molar-refractivity contribution < 1.29 is 13.2 Å². The van der Waals surface area contributed by atoms with E-state index in [0.717, 1.165) is 18.9 Å². The second-order valence-corrected chi connectivity index (χ2v) is 3.74. The molecule has 1 aromatic heterocycles. The van der Waals surface area contributed by atoms with Crippen molar-refractivity contribution in [1.29, 1.82) is 0 Å². The van der Waals surface area contributed by atoms with Gasteiger partial charge in [0.25, 0.3) is 0 Å². The second-order valence-electron chi connectivity index (χ2n) is 3.74. The Morgan fingerprint density at radius 2 is 1.93 bits per heavy atom. The summed E-state index contributed by atoms with van der Waals surface area (Å²) in [6.45, 7) is 0. The number of fused-ring (bicyclic) bond motifs is 1. The molecule has 78 valence electrons. The Morgan fingerprint density at radius 3 is 2.60 bits per heavy atom. The quantitative estimate of drug-likeness (QED) is 0.664. The lowest BCUT2D eigenvalue weighted by atomic mass is 10.2. The minimum absolute atomic E-state index is 0.0965. The number of hydrogen-bond acceptors (Lipinski definition) is 1. The van der Waals surface area contributed by atoms with Gasteiger partial charge in [0.1, 0.15) is 5.52 Å². The molecule has 0 bridgehead atoms. The second kappa shape index (κ2) is 2.74. The standard InChI is InChI=1S/C10H7F3N2/c11-6-3-7-10(9(13)8(6)12)14-4-15(7)5-1-2-5/h3-5H,1-2H2. The third kappa shape index (κ3) is 1.15. The molecule has 3 rings (SSSR count). The molecule has 2 nitrogen and oxygen atoms in total. The van der Waals surface area contributed by atoms with Crippen LogP contribution in [0.1, 0.15) is 18.9 Å². The van der Waals surface area contributed by atoms with Gasteiger partial charge in [-0.3, -0.25) is 0 Å². The highest BCUT2D eigenvalue weighted by Gasteiger charge is 2.27. The van der Waals surface area contributed by atoms with Crippen LogP contribution in [0.15, 0.2) is 12.4 Å². The molecule has 15 heavy (non-hydrogen) atoms. The Balaban J connectivity index is 2.35. The van der Waals surface area contributed by atoms with Crippen molar-refractivity contribution in [2.75, 3.05) is 0 Å². The van der Waals surface area contributed by atoms with Crippen LogP contribution in [0.4, 0.5) is 13.2 Å². The molecule has 1 saturated carbocycles. The zero-order valence-corrected chi connectivity index (χ0v) is 7.67. The summed E-state index contributed by atoms with van der Waals surface area (Å²) < 4.78 is 40.8. The molecule has 1 heterocycles. The Hall–Kier alpha value is -1.52. The summed E-state index contributed by atoms with van der Waals surface area (Å²) in [5, 5.41) is 0. The fourth-order valence-corrected chi connectivity index (χ4v) is 1.72. The third-order valence-corrected chi connectivity index (χ3v) is 2.65. The lowest BCUT2D eigenvalue weighted by Gasteiger charge is -2.01. The molecule has 2 aromatic rings. The van der Waals surface area contributed by atoms with E-state index in [2.05, 4.69) is 4.98 Å². The molecule has 0 amide bonds. The topological polar surface area (TPSA) is 17.8 Å². The van der Waals surface area contributed by atoms with E-state index in [1.165, 1.54) is 6.33 Å². The van der Waals surface area contributed by atoms with Crippen molar-refractivity contribution in [3.63, 3.8) is 0 Å². The molecule has 0 radical (unpaired) electrons. The molecule has 5 heteroatoms. The van der Waals surface area contributed by atoms with E-state index in [0.29, 0.717) is 5.52 Å². The Morgan fingerprint density at radius 1 is 1.20 bits per heavy atom. The summed E-state index contributed by atoms with van der Waals surface area (Å²) in [6.07, 6.45) is 3.39. The van der Waals surface area contributed by atoms with E-state index < -0.39 is 17.5 Å². The molecular formula is C10H7F3N2. The van der Waals surface area contributed by atoms with Crippen molar-refractivity contribution in [1.82, 2.24) is 9.55 Å². The van der Waals surface area contributed by atoms with Gasteiger partial charge in [-0.05, 0) is 12.8 Å². The minimum Gasteiger partial charge on any atom is -0.327 e. The molecule has 1 fully saturated rings. The van der Waals surface area contributed by atoms with E-state index in [4.69, 9.17) is 0 Å². The van der Waals surface area contributed by atoms with Gasteiger partial charge in [0, 0.05) is 12.1 Å². The lowest BCUT2D eigenvalue weighted by molar-refractivity contribution is 0.452. The summed E-state index contributed by atoms with van der Waals surface area (Å²) in [4.78, 5) is 3.76. The average Bonchev–Trinajstić information content (AvgIpc) is 2.97. The van der Waals surface area contributed by atoms with Crippen LogP contribution in [0, 0.1) is 17.5 Å². The summed E-state index contributed by atoms with van der Waals surface area (Å²) in [6, 6.07) is 1.26. The van der Waals surface area contributed by atoms with Crippen LogP contribution in [0.2, 0.25) is 0 Å². The van der Waals surface area contributed by atoms with Crippen LogP contribution < -0.4 is 0 Å². The van der Waals surface area contributed by atoms with Gasteiger partial charge in [0.2, 0.25) is 0 Å².